The van der Waals surface area contributed by atoms with Crippen LogP contribution >= 0.6 is 11.8 Å². The van der Waals surface area contributed by atoms with Crippen LogP contribution in [0.4, 0.5) is 0 Å². The zero-order valence-corrected chi connectivity index (χ0v) is 8.47. The van der Waals surface area contributed by atoms with Crippen LogP contribution in [0, 0.1) is 0 Å². The minimum Gasteiger partial charge on any atom is -0.121 e. The largest absolute Gasteiger partial charge is 0.121 e. The van der Waals surface area contributed by atoms with Gasteiger partial charge >= 0.3 is 0 Å². The van der Waals surface area contributed by atoms with Gasteiger partial charge in [0.25, 0.3) is 0 Å². The van der Waals surface area contributed by atoms with E-state index in [0.717, 1.165) is 5.75 Å². The van der Waals surface area contributed by atoms with Crippen molar-refractivity contribution >= 4 is 16.7 Å². The Hall–Kier alpha value is -0.950. The molecule has 1 aromatic rings. The fraction of sp³-hybridized carbons (Fsp3) is 0.167. The average molecular weight is 188 g/mol. The Bertz CT molecular complexity index is 347. The summed E-state index contributed by atoms with van der Waals surface area (Å²) in [5.74, 6) is 1.13. The molecule has 0 atom stereocenters. The number of hydrogen-bond donors (Lipinski definition) is 0. The maximum atomic E-state index is 2.21. The van der Waals surface area contributed by atoms with Crippen LogP contribution in [0.1, 0.15) is 12.5 Å². The van der Waals surface area contributed by atoms with Crippen LogP contribution in [0.2, 0.25) is 0 Å². The number of rotatable bonds is 1. The van der Waals surface area contributed by atoms with Crippen molar-refractivity contribution in [3.63, 3.8) is 0 Å². The predicted octanol–water partition coefficient (Wildman–Crippen LogP) is 3.72. The van der Waals surface area contributed by atoms with Crippen molar-refractivity contribution in [1.82, 2.24) is 0 Å². The van der Waals surface area contributed by atoms with Crippen LogP contribution in [0.15, 0.2) is 48.1 Å². The molecule has 1 aromatic carbocycles. The van der Waals surface area contributed by atoms with Gasteiger partial charge in [-0.25, -0.2) is 0 Å². The van der Waals surface area contributed by atoms with Gasteiger partial charge in [-0.15, -0.1) is 11.8 Å². The molecule has 0 nitrogen and oxygen atoms in total. The fourth-order valence-corrected chi connectivity index (χ4v) is 2.23. The zero-order chi connectivity index (χ0) is 9.10. The van der Waals surface area contributed by atoms with E-state index in [1.165, 1.54) is 16.0 Å². The van der Waals surface area contributed by atoms with E-state index in [0.29, 0.717) is 0 Å². The number of hydrogen-bond acceptors (Lipinski definition) is 1. The zero-order valence-electron chi connectivity index (χ0n) is 7.66. The highest BCUT2D eigenvalue weighted by molar-refractivity contribution is 8.08. The van der Waals surface area contributed by atoms with Crippen molar-refractivity contribution in [3.05, 3.63) is 53.6 Å². The Morgan fingerprint density at radius 2 is 1.85 bits per heavy atom. The molecule has 0 unspecified atom stereocenters. The van der Waals surface area contributed by atoms with Crippen molar-refractivity contribution in [1.29, 1.82) is 0 Å². The van der Waals surface area contributed by atoms with E-state index in [-0.39, 0.29) is 0 Å². The molecule has 0 radical (unpaired) electrons. The van der Waals surface area contributed by atoms with E-state index >= 15 is 0 Å². The Kier molecular flexibility index (Phi) is 2.55. The van der Waals surface area contributed by atoms with Gasteiger partial charge < -0.3 is 0 Å². The van der Waals surface area contributed by atoms with Crippen LogP contribution in [-0.2, 0) is 0 Å². The highest BCUT2D eigenvalue weighted by Crippen LogP contribution is 2.31. The summed E-state index contributed by atoms with van der Waals surface area (Å²) in [6.45, 7) is 2.17. The van der Waals surface area contributed by atoms with Gasteiger partial charge in [0, 0.05) is 10.7 Å². The van der Waals surface area contributed by atoms with Crippen molar-refractivity contribution in [2.75, 3.05) is 5.75 Å². The molecular weight excluding hydrogens is 176 g/mol. The molecule has 0 fully saturated rings. The van der Waals surface area contributed by atoms with Gasteiger partial charge in [-0.1, -0.05) is 42.0 Å². The van der Waals surface area contributed by atoms with Gasteiger partial charge in [-0.05, 0) is 18.6 Å². The Morgan fingerprint density at radius 3 is 2.46 bits per heavy atom. The first-order chi connectivity index (χ1) is 6.36. The molecule has 0 aliphatic carbocycles. The lowest BCUT2D eigenvalue weighted by Crippen LogP contribution is -1.89. The molecule has 1 heteroatoms. The van der Waals surface area contributed by atoms with E-state index in [1.54, 1.807) is 0 Å². The van der Waals surface area contributed by atoms with Gasteiger partial charge in [0.1, 0.15) is 0 Å². The van der Waals surface area contributed by atoms with Gasteiger partial charge in [0.05, 0.1) is 0 Å². The van der Waals surface area contributed by atoms with Crippen LogP contribution in [0.5, 0.6) is 0 Å². The van der Waals surface area contributed by atoms with Crippen LogP contribution in [-0.4, -0.2) is 5.75 Å². The highest BCUT2D eigenvalue weighted by Gasteiger charge is 2.04. The lowest BCUT2D eigenvalue weighted by Gasteiger charge is -2.11. The topological polar surface area (TPSA) is 0 Å². The summed E-state index contributed by atoms with van der Waals surface area (Å²) in [5.41, 5.74) is 2.78. The van der Waals surface area contributed by atoms with E-state index in [9.17, 15) is 0 Å². The molecule has 66 valence electrons. The van der Waals surface area contributed by atoms with Crippen molar-refractivity contribution in [3.8, 4) is 0 Å². The first-order valence-corrected chi connectivity index (χ1v) is 5.40. The van der Waals surface area contributed by atoms with Crippen LogP contribution in [0.25, 0.3) is 4.91 Å². The molecule has 0 saturated heterocycles. The molecule has 1 aliphatic heterocycles. The van der Waals surface area contributed by atoms with Crippen molar-refractivity contribution in [2.24, 2.45) is 0 Å². The van der Waals surface area contributed by atoms with E-state index in [2.05, 4.69) is 49.4 Å². The molecule has 0 N–H and O–H groups in total. The molecular formula is C12H12S. The van der Waals surface area contributed by atoms with E-state index in [4.69, 9.17) is 0 Å². The second-order valence-corrected chi connectivity index (χ2v) is 4.22. The Labute approximate surface area is 83.4 Å². The minimum absolute atomic E-state index is 1.13. The molecule has 1 heterocycles. The Balaban J connectivity index is 2.29. The lowest BCUT2D eigenvalue weighted by molar-refractivity contribution is 1.41. The first kappa shape index (κ1) is 8.64. The number of benzene rings is 1. The molecule has 1 aliphatic rings. The number of allylic oxidation sites excluding steroid dienone is 2. The fourth-order valence-electron chi connectivity index (χ4n) is 1.29. The average Bonchev–Trinajstić information content (AvgIpc) is 2.20. The minimum atomic E-state index is 1.13. The van der Waals surface area contributed by atoms with Gasteiger partial charge in [-0.3, -0.25) is 0 Å². The second kappa shape index (κ2) is 3.84. The second-order valence-electron chi connectivity index (χ2n) is 3.20. The molecule has 0 bridgehead atoms. The SMILES string of the molecule is CC1=CC=C(c2ccccc2)SC1. The quantitative estimate of drug-likeness (QED) is 0.647. The molecule has 2 rings (SSSR count). The maximum Gasteiger partial charge on any atom is 0.0191 e. The summed E-state index contributed by atoms with van der Waals surface area (Å²) in [7, 11) is 0. The molecule has 0 aromatic heterocycles. The van der Waals surface area contributed by atoms with Gasteiger partial charge in [0.2, 0.25) is 0 Å². The smallest absolute Gasteiger partial charge is 0.0191 e. The Morgan fingerprint density at radius 1 is 1.08 bits per heavy atom. The number of thioether (sulfide) groups is 1. The summed E-state index contributed by atoms with van der Waals surface area (Å²) in [6.07, 6.45) is 4.41. The van der Waals surface area contributed by atoms with E-state index < -0.39 is 0 Å². The summed E-state index contributed by atoms with van der Waals surface area (Å²) < 4.78 is 0. The third-order valence-corrected chi connectivity index (χ3v) is 3.32. The van der Waals surface area contributed by atoms with E-state index in [1.807, 2.05) is 11.8 Å². The third kappa shape index (κ3) is 2.04. The van der Waals surface area contributed by atoms with Crippen LogP contribution < -0.4 is 0 Å². The van der Waals surface area contributed by atoms with Crippen molar-refractivity contribution < 1.29 is 0 Å². The molecule has 0 amide bonds. The summed E-state index contributed by atoms with van der Waals surface area (Å²) in [4.78, 5) is 1.38. The normalized spacial score (nSPS) is 16.4. The predicted molar refractivity (Wildman–Crippen MR) is 60.6 cm³/mol. The summed E-state index contributed by atoms with van der Waals surface area (Å²) >= 11 is 1.92. The molecule has 13 heavy (non-hydrogen) atoms. The lowest BCUT2D eigenvalue weighted by atomic mass is 10.2. The first-order valence-electron chi connectivity index (χ1n) is 4.42. The van der Waals surface area contributed by atoms with Crippen LogP contribution in [0.3, 0.4) is 0 Å². The van der Waals surface area contributed by atoms with Gasteiger partial charge in [0.15, 0.2) is 0 Å². The molecule has 0 spiro atoms. The standard InChI is InChI=1S/C12H12S/c1-10-7-8-12(13-9-10)11-5-3-2-4-6-11/h2-8H,9H2,1H3. The third-order valence-electron chi connectivity index (χ3n) is 2.03. The maximum absolute atomic E-state index is 2.21. The summed E-state index contributed by atoms with van der Waals surface area (Å²) in [5, 5.41) is 0. The van der Waals surface area contributed by atoms with Crippen molar-refractivity contribution in [2.45, 2.75) is 6.92 Å². The van der Waals surface area contributed by atoms with Gasteiger partial charge in [-0.2, -0.15) is 0 Å². The highest BCUT2D eigenvalue weighted by atomic mass is 32.2. The monoisotopic (exact) mass is 188 g/mol. The molecule has 0 saturated carbocycles. The summed E-state index contributed by atoms with van der Waals surface area (Å²) in [6, 6.07) is 10.5.